The lowest BCUT2D eigenvalue weighted by Crippen LogP contribution is -2.45. The Morgan fingerprint density at radius 1 is 1.44 bits per heavy atom. The zero-order valence-corrected chi connectivity index (χ0v) is 9.62. The maximum atomic E-state index is 11.9. The molecule has 4 nitrogen and oxygen atoms in total. The van der Waals surface area contributed by atoms with E-state index in [1.165, 1.54) is 7.11 Å². The minimum Gasteiger partial charge on any atom is -0.469 e. The molecule has 88 valence electrons. The number of methoxy groups -OCH3 is 1. The van der Waals surface area contributed by atoms with E-state index in [4.69, 9.17) is 4.74 Å². The van der Waals surface area contributed by atoms with Gasteiger partial charge in [0.1, 0.15) is 11.6 Å². The van der Waals surface area contributed by atoms with Gasteiger partial charge in [-0.2, -0.15) is 0 Å². The second-order valence-electron chi connectivity index (χ2n) is 5.10. The summed E-state index contributed by atoms with van der Waals surface area (Å²) >= 11 is 0. The standard InChI is InChI=1S/C12H16O4/c1-7-3-9-10(14)4-8(13)6-12(9,5-7)11(15)16-2/h7,9H,3-6H2,1-2H3. The Labute approximate surface area is 94.3 Å². The highest BCUT2D eigenvalue weighted by Crippen LogP contribution is 2.52. The van der Waals surface area contributed by atoms with Gasteiger partial charge in [0.15, 0.2) is 0 Å². The molecule has 0 amide bonds. The Morgan fingerprint density at radius 3 is 2.75 bits per heavy atom. The Bertz CT molecular complexity index is 360. The SMILES string of the molecule is COC(=O)C12CC(=O)CC(=O)C1CC(C)C2. The summed E-state index contributed by atoms with van der Waals surface area (Å²) in [5.41, 5.74) is -0.847. The highest BCUT2D eigenvalue weighted by atomic mass is 16.5. The number of ketones is 2. The molecule has 0 bridgehead atoms. The molecule has 16 heavy (non-hydrogen) atoms. The fraction of sp³-hybridized carbons (Fsp3) is 0.750. The molecule has 4 heteroatoms. The van der Waals surface area contributed by atoms with Gasteiger partial charge in [0, 0.05) is 12.3 Å². The van der Waals surface area contributed by atoms with Crippen LogP contribution in [0.2, 0.25) is 0 Å². The molecular formula is C12H16O4. The summed E-state index contributed by atoms with van der Waals surface area (Å²) in [7, 11) is 1.32. The number of ether oxygens (including phenoxy) is 1. The molecule has 2 fully saturated rings. The molecule has 0 heterocycles. The predicted octanol–water partition coefficient (Wildman–Crippen LogP) is 1.12. The van der Waals surface area contributed by atoms with Crippen LogP contribution in [-0.2, 0) is 19.1 Å². The van der Waals surface area contributed by atoms with Crippen LogP contribution >= 0.6 is 0 Å². The van der Waals surface area contributed by atoms with Gasteiger partial charge in [-0.15, -0.1) is 0 Å². The Balaban J connectivity index is 2.39. The summed E-state index contributed by atoms with van der Waals surface area (Å²) in [6, 6.07) is 0. The molecule has 0 aromatic carbocycles. The van der Waals surface area contributed by atoms with Crippen molar-refractivity contribution in [3.05, 3.63) is 0 Å². The Morgan fingerprint density at radius 2 is 2.12 bits per heavy atom. The zero-order valence-electron chi connectivity index (χ0n) is 9.62. The van der Waals surface area contributed by atoms with Crippen LogP contribution in [0.1, 0.15) is 32.6 Å². The largest absolute Gasteiger partial charge is 0.469 e. The third-order valence-corrected chi connectivity index (χ3v) is 3.88. The van der Waals surface area contributed by atoms with Crippen LogP contribution < -0.4 is 0 Å². The van der Waals surface area contributed by atoms with Crippen molar-refractivity contribution in [3.8, 4) is 0 Å². The number of esters is 1. The minimum absolute atomic E-state index is 0.00384. The summed E-state index contributed by atoms with van der Waals surface area (Å²) in [6.07, 6.45) is 1.49. The summed E-state index contributed by atoms with van der Waals surface area (Å²) in [4.78, 5) is 35.2. The zero-order chi connectivity index (χ0) is 11.9. The van der Waals surface area contributed by atoms with Gasteiger partial charge in [-0.05, 0) is 18.8 Å². The van der Waals surface area contributed by atoms with Crippen molar-refractivity contribution < 1.29 is 19.1 Å². The monoisotopic (exact) mass is 224 g/mol. The molecule has 0 spiro atoms. The van der Waals surface area contributed by atoms with E-state index in [2.05, 4.69) is 0 Å². The van der Waals surface area contributed by atoms with Crippen molar-refractivity contribution >= 4 is 17.5 Å². The van der Waals surface area contributed by atoms with Crippen molar-refractivity contribution in [1.29, 1.82) is 0 Å². The lowest BCUT2D eigenvalue weighted by molar-refractivity contribution is -0.163. The van der Waals surface area contributed by atoms with Crippen LogP contribution in [0.15, 0.2) is 0 Å². The van der Waals surface area contributed by atoms with Crippen LogP contribution in [-0.4, -0.2) is 24.6 Å². The molecule has 2 rings (SSSR count). The highest BCUT2D eigenvalue weighted by molar-refractivity contribution is 6.07. The van der Waals surface area contributed by atoms with Crippen molar-refractivity contribution in [2.75, 3.05) is 7.11 Å². The number of hydrogen-bond donors (Lipinski definition) is 0. The quantitative estimate of drug-likeness (QED) is 0.494. The van der Waals surface area contributed by atoms with E-state index < -0.39 is 5.41 Å². The van der Waals surface area contributed by atoms with Gasteiger partial charge in [-0.3, -0.25) is 14.4 Å². The molecule has 0 N–H and O–H groups in total. The minimum atomic E-state index is -0.847. The molecule has 0 aromatic rings. The molecule has 2 aliphatic carbocycles. The number of hydrogen-bond acceptors (Lipinski definition) is 4. The number of carbonyl (C=O) groups is 3. The van der Waals surface area contributed by atoms with Gasteiger partial charge in [-0.1, -0.05) is 6.92 Å². The summed E-state index contributed by atoms with van der Waals surface area (Å²) in [5.74, 6) is -0.582. The van der Waals surface area contributed by atoms with E-state index in [9.17, 15) is 14.4 Å². The van der Waals surface area contributed by atoms with E-state index in [0.717, 1.165) is 0 Å². The van der Waals surface area contributed by atoms with Crippen LogP contribution in [0.4, 0.5) is 0 Å². The maximum Gasteiger partial charge on any atom is 0.312 e. The van der Waals surface area contributed by atoms with Crippen LogP contribution in [0.3, 0.4) is 0 Å². The molecule has 3 atom stereocenters. The lowest BCUT2D eigenvalue weighted by atomic mass is 9.67. The van der Waals surface area contributed by atoms with Gasteiger partial charge in [-0.25, -0.2) is 0 Å². The van der Waals surface area contributed by atoms with Crippen LogP contribution in [0, 0.1) is 17.3 Å². The first-order valence-electron chi connectivity index (χ1n) is 5.62. The fourth-order valence-electron chi connectivity index (χ4n) is 3.34. The molecule has 0 aliphatic heterocycles. The average Bonchev–Trinajstić information content (AvgIpc) is 2.55. The lowest BCUT2D eigenvalue weighted by Gasteiger charge is -2.34. The van der Waals surface area contributed by atoms with E-state index in [1.54, 1.807) is 0 Å². The van der Waals surface area contributed by atoms with Crippen molar-refractivity contribution in [2.24, 2.45) is 17.3 Å². The fourth-order valence-corrected chi connectivity index (χ4v) is 3.34. The smallest absolute Gasteiger partial charge is 0.312 e. The number of rotatable bonds is 1. The van der Waals surface area contributed by atoms with E-state index >= 15 is 0 Å². The van der Waals surface area contributed by atoms with Crippen molar-refractivity contribution in [3.63, 3.8) is 0 Å². The van der Waals surface area contributed by atoms with E-state index in [-0.39, 0.29) is 36.3 Å². The molecule has 2 aliphatic rings. The van der Waals surface area contributed by atoms with Gasteiger partial charge < -0.3 is 4.74 Å². The van der Waals surface area contributed by atoms with E-state index in [0.29, 0.717) is 18.8 Å². The van der Waals surface area contributed by atoms with Crippen LogP contribution in [0.5, 0.6) is 0 Å². The Hall–Kier alpha value is -1.19. The molecular weight excluding hydrogens is 208 g/mol. The maximum absolute atomic E-state index is 11.9. The number of carbonyl (C=O) groups excluding carboxylic acids is 3. The highest BCUT2D eigenvalue weighted by Gasteiger charge is 2.58. The van der Waals surface area contributed by atoms with Gasteiger partial charge in [0.05, 0.1) is 18.9 Å². The summed E-state index contributed by atoms with van der Waals surface area (Å²) in [6.45, 7) is 2.01. The number of fused-ring (bicyclic) bond motifs is 1. The average molecular weight is 224 g/mol. The molecule has 0 saturated heterocycles. The molecule has 0 radical (unpaired) electrons. The van der Waals surface area contributed by atoms with E-state index in [1.807, 2.05) is 6.92 Å². The first kappa shape index (κ1) is 11.3. The van der Waals surface area contributed by atoms with Gasteiger partial charge in [0.2, 0.25) is 0 Å². The molecule has 3 unspecified atom stereocenters. The molecule has 0 aromatic heterocycles. The van der Waals surface area contributed by atoms with Crippen molar-refractivity contribution in [1.82, 2.24) is 0 Å². The normalized spacial score (nSPS) is 38.4. The topological polar surface area (TPSA) is 60.4 Å². The van der Waals surface area contributed by atoms with Crippen molar-refractivity contribution in [2.45, 2.75) is 32.6 Å². The van der Waals surface area contributed by atoms with Crippen LogP contribution in [0.25, 0.3) is 0 Å². The second-order valence-corrected chi connectivity index (χ2v) is 5.10. The summed E-state index contributed by atoms with van der Waals surface area (Å²) in [5, 5.41) is 0. The predicted molar refractivity (Wildman–Crippen MR) is 55.6 cm³/mol. The molecule has 2 saturated carbocycles. The Kier molecular flexibility index (Phi) is 2.60. The third-order valence-electron chi connectivity index (χ3n) is 3.88. The second kappa shape index (κ2) is 3.68. The number of Topliss-reactive ketones (excluding diaryl/α,β-unsaturated/α-hetero) is 2. The first-order chi connectivity index (χ1) is 7.49. The summed E-state index contributed by atoms with van der Waals surface area (Å²) < 4.78 is 4.80. The van der Waals surface area contributed by atoms with Gasteiger partial charge >= 0.3 is 5.97 Å². The first-order valence-corrected chi connectivity index (χ1v) is 5.62. The third kappa shape index (κ3) is 1.47. The van der Waals surface area contributed by atoms with Gasteiger partial charge in [0.25, 0.3) is 0 Å².